The van der Waals surface area contributed by atoms with Crippen molar-refractivity contribution in [3.63, 3.8) is 0 Å². The van der Waals surface area contributed by atoms with Crippen LogP contribution in [0.15, 0.2) is 24.3 Å². The molecule has 4 nitrogen and oxygen atoms in total. The summed E-state index contributed by atoms with van der Waals surface area (Å²) in [5.41, 5.74) is 0.965. The van der Waals surface area contributed by atoms with Gasteiger partial charge in [-0.15, -0.1) is 0 Å². The summed E-state index contributed by atoms with van der Waals surface area (Å²) in [7, 11) is 4.29. The molecule has 2 atom stereocenters. The third-order valence-corrected chi connectivity index (χ3v) is 4.11. The van der Waals surface area contributed by atoms with Crippen molar-refractivity contribution in [2.24, 2.45) is 0 Å². The first-order valence-electron chi connectivity index (χ1n) is 7.79. The molecule has 0 spiro atoms. The van der Waals surface area contributed by atoms with Crippen molar-refractivity contribution in [3.05, 3.63) is 29.8 Å². The van der Waals surface area contributed by atoms with Gasteiger partial charge in [0.1, 0.15) is 5.75 Å². The summed E-state index contributed by atoms with van der Waals surface area (Å²) in [5, 5.41) is 10.5. The van der Waals surface area contributed by atoms with E-state index in [4.69, 9.17) is 4.74 Å². The second kappa shape index (κ2) is 7.25. The lowest BCUT2D eigenvalue weighted by Crippen LogP contribution is -2.50. The number of ether oxygens (including phenoxy) is 1. The summed E-state index contributed by atoms with van der Waals surface area (Å²) in [5.74, 6) is 0.857. The van der Waals surface area contributed by atoms with Crippen LogP contribution >= 0.6 is 0 Å². The lowest BCUT2D eigenvalue weighted by molar-refractivity contribution is 0.0634. The van der Waals surface area contributed by atoms with E-state index in [0.29, 0.717) is 6.04 Å². The van der Waals surface area contributed by atoms with Crippen LogP contribution in [0.2, 0.25) is 0 Å². The van der Waals surface area contributed by atoms with Gasteiger partial charge in [-0.1, -0.05) is 12.1 Å². The smallest absolute Gasteiger partial charge is 0.119 e. The predicted molar refractivity (Wildman–Crippen MR) is 85.7 cm³/mol. The first-order valence-corrected chi connectivity index (χ1v) is 7.79. The zero-order valence-corrected chi connectivity index (χ0v) is 13.6. The van der Waals surface area contributed by atoms with Crippen molar-refractivity contribution in [3.8, 4) is 5.75 Å². The Morgan fingerprint density at radius 3 is 2.48 bits per heavy atom. The second-order valence-corrected chi connectivity index (χ2v) is 6.38. The number of aliphatic hydroxyl groups excluding tert-OH is 1. The molecule has 0 aliphatic carbocycles. The minimum atomic E-state index is -0.419. The molecule has 1 aliphatic rings. The molecule has 1 fully saturated rings. The normalized spacial score (nSPS) is 22.5. The summed E-state index contributed by atoms with van der Waals surface area (Å²) in [6, 6.07) is 8.22. The van der Waals surface area contributed by atoms with Gasteiger partial charge in [0, 0.05) is 25.7 Å². The van der Waals surface area contributed by atoms with Gasteiger partial charge in [-0.2, -0.15) is 0 Å². The Morgan fingerprint density at radius 1 is 1.19 bits per heavy atom. The maximum Gasteiger partial charge on any atom is 0.119 e. The van der Waals surface area contributed by atoms with E-state index in [1.807, 2.05) is 38.1 Å². The van der Waals surface area contributed by atoms with Crippen LogP contribution in [-0.2, 0) is 0 Å². The Bertz CT molecular complexity index is 433. The molecule has 21 heavy (non-hydrogen) atoms. The Hall–Kier alpha value is -1.10. The molecule has 1 N–H and O–H groups in total. The zero-order chi connectivity index (χ0) is 15.4. The van der Waals surface area contributed by atoms with Crippen LogP contribution in [0.4, 0.5) is 0 Å². The molecule has 1 aromatic carbocycles. The number of rotatable bonds is 5. The number of likely N-dealkylation sites (N-methyl/N-ethyl adjacent to an activating group) is 2. The summed E-state index contributed by atoms with van der Waals surface area (Å²) in [4.78, 5) is 4.68. The summed E-state index contributed by atoms with van der Waals surface area (Å²) < 4.78 is 5.63. The highest BCUT2D eigenvalue weighted by Crippen LogP contribution is 2.24. The largest absolute Gasteiger partial charge is 0.491 e. The Kier molecular flexibility index (Phi) is 5.62. The fourth-order valence-corrected chi connectivity index (χ4v) is 2.79. The third-order valence-electron chi connectivity index (χ3n) is 4.11. The molecule has 0 amide bonds. The predicted octanol–water partition coefficient (Wildman–Crippen LogP) is 2.14. The van der Waals surface area contributed by atoms with E-state index in [-0.39, 0.29) is 6.10 Å². The van der Waals surface area contributed by atoms with Crippen molar-refractivity contribution in [1.29, 1.82) is 0 Å². The number of piperazine rings is 1. The number of benzene rings is 1. The minimum absolute atomic E-state index is 0.173. The second-order valence-electron chi connectivity index (χ2n) is 6.38. The number of hydrogen-bond donors (Lipinski definition) is 1. The molecular weight excluding hydrogens is 264 g/mol. The van der Waals surface area contributed by atoms with Crippen LogP contribution < -0.4 is 4.74 Å². The maximum absolute atomic E-state index is 10.5. The van der Waals surface area contributed by atoms with Gasteiger partial charge in [-0.25, -0.2) is 0 Å². The van der Waals surface area contributed by atoms with E-state index in [2.05, 4.69) is 23.9 Å². The molecule has 0 bridgehead atoms. The van der Waals surface area contributed by atoms with E-state index < -0.39 is 6.10 Å². The third kappa shape index (κ3) is 4.70. The number of nitrogens with zero attached hydrogens (tertiary/aromatic N) is 2. The van der Waals surface area contributed by atoms with E-state index in [1.54, 1.807) is 0 Å². The highest BCUT2D eigenvalue weighted by atomic mass is 16.5. The van der Waals surface area contributed by atoms with Crippen LogP contribution in [0.3, 0.4) is 0 Å². The zero-order valence-electron chi connectivity index (χ0n) is 13.6. The number of aliphatic hydroxyl groups is 1. The standard InChI is InChI=1S/C17H28N2O2/c1-13(2)21-16-7-5-14(6-8-16)17(20)11-15-12-18(3)9-10-19(15)4/h5-8,13,15,17,20H,9-12H2,1-4H3. The Balaban J connectivity index is 1.94. The minimum Gasteiger partial charge on any atom is -0.491 e. The highest BCUT2D eigenvalue weighted by molar-refractivity contribution is 5.28. The molecule has 1 aromatic rings. The van der Waals surface area contributed by atoms with Crippen LogP contribution in [0.25, 0.3) is 0 Å². The molecule has 2 rings (SSSR count). The molecule has 118 valence electrons. The van der Waals surface area contributed by atoms with Crippen molar-refractivity contribution in [1.82, 2.24) is 9.80 Å². The monoisotopic (exact) mass is 292 g/mol. The average Bonchev–Trinajstić information content (AvgIpc) is 2.43. The van der Waals surface area contributed by atoms with Crippen LogP contribution in [0, 0.1) is 0 Å². The topological polar surface area (TPSA) is 35.9 Å². The van der Waals surface area contributed by atoms with Crippen molar-refractivity contribution in [2.45, 2.75) is 38.5 Å². The van der Waals surface area contributed by atoms with Gasteiger partial charge < -0.3 is 19.6 Å². The molecule has 1 heterocycles. The Morgan fingerprint density at radius 2 is 1.86 bits per heavy atom. The lowest BCUT2D eigenvalue weighted by Gasteiger charge is -2.38. The van der Waals surface area contributed by atoms with Crippen molar-refractivity contribution >= 4 is 0 Å². The highest BCUT2D eigenvalue weighted by Gasteiger charge is 2.25. The van der Waals surface area contributed by atoms with Crippen LogP contribution in [-0.4, -0.2) is 60.8 Å². The summed E-state index contributed by atoms with van der Waals surface area (Å²) >= 11 is 0. The van der Waals surface area contributed by atoms with Gasteiger partial charge in [0.05, 0.1) is 12.2 Å². The van der Waals surface area contributed by atoms with Crippen molar-refractivity contribution in [2.75, 3.05) is 33.7 Å². The number of hydrogen-bond acceptors (Lipinski definition) is 4. The fraction of sp³-hybridized carbons (Fsp3) is 0.647. The first-order chi connectivity index (χ1) is 9.95. The first kappa shape index (κ1) is 16.3. The summed E-state index contributed by atoms with van der Waals surface area (Å²) in [6.45, 7) is 7.21. The molecule has 4 heteroatoms. The molecule has 1 saturated heterocycles. The maximum atomic E-state index is 10.5. The molecule has 1 aliphatic heterocycles. The van der Waals surface area contributed by atoms with Gasteiger partial charge in [0.2, 0.25) is 0 Å². The van der Waals surface area contributed by atoms with Gasteiger partial charge in [0.15, 0.2) is 0 Å². The molecule has 0 saturated carbocycles. The van der Waals surface area contributed by atoms with Crippen molar-refractivity contribution < 1.29 is 9.84 Å². The lowest BCUT2D eigenvalue weighted by atomic mass is 9.99. The molecule has 2 unspecified atom stereocenters. The van der Waals surface area contributed by atoms with E-state index >= 15 is 0 Å². The van der Waals surface area contributed by atoms with Gasteiger partial charge in [-0.05, 0) is 52.1 Å². The van der Waals surface area contributed by atoms with Gasteiger partial charge in [0.25, 0.3) is 0 Å². The fourth-order valence-electron chi connectivity index (χ4n) is 2.79. The quantitative estimate of drug-likeness (QED) is 0.902. The van der Waals surface area contributed by atoms with E-state index in [1.165, 1.54) is 0 Å². The molecule has 0 radical (unpaired) electrons. The van der Waals surface area contributed by atoms with Crippen LogP contribution in [0.5, 0.6) is 5.75 Å². The van der Waals surface area contributed by atoms with E-state index in [9.17, 15) is 5.11 Å². The Labute approximate surface area is 128 Å². The molecular formula is C17H28N2O2. The van der Waals surface area contributed by atoms with E-state index in [0.717, 1.165) is 37.4 Å². The van der Waals surface area contributed by atoms with Crippen LogP contribution in [0.1, 0.15) is 31.9 Å². The SMILES string of the molecule is CC(C)Oc1ccc(C(O)CC2CN(C)CCN2C)cc1. The molecule has 0 aromatic heterocycles. The summed E-state index contributed by atoms with van der Waals surface area (Å²) in [6.07, 6.45) is 0.523. The average molecular weight is 292 g/mol. The van der Waals surface area contributed by atoms with Gasteiger partial charge in [-0.3, -0.25) is 0 Å². The van der Waals surface area contributed by atoms with Gasteiger partial charge >= 0.3 is 0 Å².